The van der Waals surface area contributed by atoms with Crippen molar-refractivity contribution in [2.24, 2.45) is 0 Å². The van der Waals surface area contributed by atoms with E-state index in [4.69, 9.17) is 11.6 Å². The third-order valence-corrected chi connectivity index (χ3v) is 4.76. The number of alkyl halides is 3. The molecule has 0 radical (unpaired) electrons. The van der Waals surface area contributed by atoms with Crippen LogP contribution in [0.15, 0.2) is 24.3 Å². The minimum absolute atomic E-state index is 0.00744. The van der Waals surface area contributed by atoms with Gasteiger partial charge >= 0.3 is 6.18 Å². The second-order valence-corrected chi connectivity index (χ2v) is 6.76. The van der Waals surface area contributed by atoms with Crippen molar-refractivity contribution in [2.45, 2.75) is 26.4 Å². The van der Waals surface area contributed by atoms with Gasteiger partial charge in [0.25, 0.3) is 5.91 Å². The maximum Gasteiger partial charge on any atom is 0.416 e. The molecule has 2 heterocycles. The van der Waals surface area contributed by atoms with Gasteiger partial charge in [0, 0.05) is 6.07 Å². The standard InChI is InChI=1S/C16H13ClF3N5OS/c1-3-11-14(27-24-22-11)15(26)21-13-6-8(2)23-25(13)12-7-9(16(18,19)20)4-5-10(12)17/h4-7H,3H2,1-2H3,(H,21,26). The Labute approximate surface area is 161 Å². The lowest BCUT2D eigenvalue weighted by atomic mass is 10.2. The molecule has 1 aromatic carbocycles. The molecular weight excluding hydrogens is 403 g/mol. The predicted octanol–water partition coefficient (Wildman–Crippen LogP) is 4.52. The monoisotopic (exact) mass is 415 g/mol. The average molecular weight is 416 g/mol. The summed E-state index contributed by atoms with van der Waals surface area (Å²) in [4.78, 5) is 12.9. The van der Waals surface area contributed by atoms with Crippen LogP contribution in [0.25, 0.3) is 5.69 Å². The molecule has 1 amide bonds. The van der Waals surface area contributed by atoms with Crippen LogP contribution >= 0.6 is 23.1 Å². The minimum Gasteiger partial charge on any atom is -0.306 e. The van der Waals surface area contributed by atoms with E-state index in [1.54, 1.807) is 6.92 Å². The number of carbonyl (C=O) groups excluding carboxylic acids is 1. The second kappa shape index (κ2) is 7.28. The Bertz CT molecular complexity index is 998. The van der Waals surface area contributed by atoms with Crippen LogP contribution in [0.5, 0.6) is 0 Å². The number of aromatic nitrogens is 4. The Morgan fingerprint density at radius 2 is 2.07 bits per heavy atom. The molecule has 0 saturated heterocycles. The molecule has 0 spiro atoms. The molecule has 3 aromatic rings. The van der Waals surface area contributed by atoms with E-state index in [1.807, 2.05) is 6.92 Å². The number of anilines is 1. The Kier molecular flexibility index (Phi) is 5.20. The van der Waals surface area contributed by atoms with Crippen molar-refractivity contribution < 1.29 is 18.0 Å². The van der Waals surface area contributed by atoms with E-state index in [1.165, 1.54) is 10.7 Å². The van der Waals surface area contributed by atoms with Crippen LogP contribution in [0.1, 0.15) is 33.5 Å². The smallest absolute Gasteiger partial charge is 0.306 e. The minimum atomic E-state index is -4.53. The summed E-state index contributed by atoms with van der Waals surface area (Å²) < 4.78 is 44.1. The van der Waals surface area contributed by atoms with Crippen molar-refractivity contribution in [2.75, 3.05) is 5.32 Å². The van der Waals surface area contributed by atoms with Gasteiger partial charge in [0.1, 0.15) is 10.7 Å². The highest BCUT2D eigenvalue weighted by Gasteiger charge is 2.31. The molecule has 0 aliphatic carbocycles. The van der Waals surface area contributed by atoms with Crippen LogP contribution in [-0.4, -0.2) is 25.3 Å². The van der Waals surface area contributed by atoms with Crippen molar-refractivity contribution in [3.63, 3.8) is 0 Å². The first-order valence-electron chi connectivity index (χ1n) is 7.77. The van der Waals surface area contributed by atoms with Crippen LogP contribution in [0, 0.1) is 6.92 Å². The lowest BCUT2D eigenvalue weighted by Gasteiger charge is -2.13. The van der Waals surface area contributed by atoms with E-state index >= 15 is 0 Å². The quantitative estimate of drug-likeness (QED) is 0.680. The summed E-state index contributed by atoms with van der Waals surface area (Å²) in [6, 6.07) is 4.45. The van der Waals surface area contributed by atoms with Gasteiger partial charge in [0.05, 0.1) is 27.7 Å². The molecule has 142 valence electrons. The fourth-order valence-corrected chi connectivity index (χ4v) is 3.25. The van der Waals surface area contributed by atoms with Gasteiger partial charge in [-0.15, -0.1) is 5.10 Å². The van der Waals surface area contributed by atoms with Crippen LogP contribution < -0.4 is 5.32 Å². The number of nitrogens with one attached hydrogen (secondary N) is 1. The molecule has 0 aliphatic rings. The molecule has 6 nitrogen and oxygen atoms in total. The third-order valence-electron chi connectivity index (χ3n) is 3.67. The zero-order chi connectivity index (χ0) is 19.8. The first kappa shape index (κ1) is 19.3. The van der Waals surface area contributed by atoms with E-state index < -0.39 is 17.6 Å². The van der Waals surface area contributed by atoms with Gasteiger partial charge in [-0.25, -0.2) is 4.68 Å². The predicted molar refractivity (Wildman–Crippen MR) is 95.6 cm³/mol. The van der Waals surface area contributed by atoms with Gasteiger partial charge in [-0.05, 0) is 43.1 Å². The number of hydrogen-bond donors (Lipinski definition) is 1. The molecule has 0 saturated carbocycles. The van der Waals surface area contributed by atoms with E-state index in [2.05, 4.69) is 20.0 Å². The van der Waals surface area contributed by atoms with E-state index in [0.29, 0.717) is 22.7 Å². The van der Waals surface area contributed by atoms with Crippen molar-refractivity contribution in [1.82, 2.24) is 19.4 Å². The highest BCUT2D eigenvalue weighted by Crippen LogP contribution is 2.34. The van der Waals surface area contributed by atoms with Crippen LogP contribution in [0.2, 0.25) is 5.02 Å². The average Bonchev–Trinajstić information content (AvgIpc) is 3.20. The van der Waals surface area contributed by atoms with Crippen LogP contribution in [0.4, 0.5) is 19.0 Å². The molecule has 11 heteroatoms. The molecule has 0 unspecified atom stereocenters. The molecular formula is C16H13ClF3N5OS. The normalized spacial score (nSPS) is 11.6. The maximum atomic E-state index is 13.0. The Hall–Kier alpha value is -2.46. The molecule has 1 N–H and O–H groups in total. The number of aryl methyl sites for hydroxylation is 2. The van der Waals surface area contributed by atoms with Gasteiger partial charge in [0.2, 0.25) is 0 Å². The number of amides is 1. The van der Waals surface area contributed by atoms with E-state index in [-0.39, 0.29) is 16.5 Å². The first-order valence-corrected chi connectivity index (χ1v) is 8.92. The number of halogens is 4. The lowest BCUT2D eigenvalue weighted by Crippen LogP contribution is -2.16. The van der Waals surface area contributed by atoms with E-state index in [0.717, 1.165) is 29.7 Å². The molecule has 2 aromatic heterocycles. The summed E-state index contributed by atoms with van der Waals surface area (Å²) in [6.45, 7) is 3.49. The molecule has 3 rings (SSSR count). The SMILES string of the molecule is CCc1nnsc1C(=O)Nc1cc(C)nn1-c1cc(C(F)(F)F)ccc1Cl. The largest absolute Gasteiger partial charge is 0.416 e. The second-order valence-electron chi connectivity index (χ2n) is 5.60. The van der Waals surface area contributed by atoms with Crippen molar-refractivity contribution in [1.29, 1.82) is 0 Å². The number of benzene rings is 1. The molecule has 0 aliphatic heterocycles. The van der Waals surface area contributed by atoms with Crippen LogP contribution in [-0.2, 0) is 12.6 Å². The van der Waals surface area contributed by atoms with Gasteiger partial charge < -0.3 is 5.32 Å². The Morgan fingerprint density at radius 3 is 2.74 bits per heavy atom. The summed E-state index contributed by atoms with van der Waals surface area (Å²) in [6.07, 6.45) is -4.01. The third kappa shape index (κ3) is 3.96. The van der Waals surface area contributed by atoms with Crippen molar-refractivity contribution in [3.05, 3.63) is 51.1 Å². The number of nitrogens with zero attached hydrogens (tertiary/aromatic N) is 4. The molecule has 0 bridgehead atoms. The van der Waals surface area contributed by atoms with Crippen LogP contribution in [0.3, 0.4) is 0 Å². The fraction of sp³-hybridized carbons (Fsp3) is 0.250. The Morgan fingerprint density at radius 1 is 1.33 bits per heavy atom. The summed E-state index contributed by atoms with van der Waals surface area (Å²) in [5.41, 5.74) is 0.176. The maximum absolute atomic E-state index is 13.0. The van der Waals surface area contributed by atoms with Gasteiger partial charge in [-0.3, -0.25) is 4.79 Å². The topological polar surface area (TPSA) is 72.7 Å². The molecule has 0 fully saturated rings. The fourth-order valence-electron chi connectivity index (χ4n) is 2.41. The molecule has 27 heavy (non-hydrogen) atoms. The zero-order valence-electron chi connectivity index (χ0n) is 14.1. The lowest BCUT2D eigenvalue weighted by molar-refractivity contribution is -0.137. The van der Waals surface area contributed by atoms with Gasteiger partial charge in [-0.2, -0.15) is 18.3 Å². The van der Waals surface area contributed by atoms with Gasteiger partial charge in [-0.1, -0.05) is 23.0 Å². The van der Waals surface area contributed by atoms with E-state index in [9.17, 15) is 18.0 Å². The number of carbonyl (C=O) groups is 1. The number of hydrogen-bond acceptors (Lipinski definition) is 5. The van der Waals surface area contributed by atoms with Crippen molar-refractivity contribution in [3.8, 4) is 5.69 Å². The number of rotatable bonds is 4. The summed E-state index contributed by atoms with van der Waals surface area (Å²) in [5.74, 6) is -0.278. The summed E-state index contributed by atoms with van der Waals surface area (Å²) in [5, 5.41) is 10.7. The van der Waals surface area contributed by atoms with Gasteiger partial charge in [0.15, 0.2) is 0 Å². The molecule has 0 atom stereocenters. The highest BCUT2D eigenvalue weighted by molar-refractivity contribution is 7.08. The first-order chi connectivity index (χ1) is 12.7. The van der Waals surface area contributed by atoms with Crippen molar-refractivity contribution >= 4 is 34.9 Å². The summed E-state index contributed by atoms with van der Waals surface area (Å²) >= 11 is 7.03. The highest BCUT2D eigenvalue weighted by atomic mass is 35.5. The summed E-state index contributed by atoms with van der Waals surface area (Å²) in [7, 11) is 0. The Balaban J connectivity index is 2.01. The zero-order valence-corrected chi connectivity index (χ0v) is 15.7.